The molecule has 0 radical (unpaired) electrons. The van der Waals surface area contributed by atoms with Crippen molar-refractivity contribution in [2.45, 2.75) is 38.5 Å². The minimum atomic E-state index is -4.79. The Labute approximate surface area is 151 Å². The maximum atomic E-state index is 13.8. The normalized spacial score (nSPS) is 13.1. The van der Waals surface area contributed by atoms with Crippen molar-refractivity contribution in [2.75, 3.05) is 0 Å². The minimum absolute atomic E-state index is 0.0304. The largest absolute Gasteiger partial charge is 0.488 e. The van der Waals surface area contributed by atoms with Gasteiger partial charge in [-0.05, 0) is 49.2 Å². The van der Waals surface area contributed by atoms with E-state index in [0.717, 1.165) is 18.2 Å². The summed E-state index contributed by atoms with van der Waals surface area (Å²) in [4.78, 5) is 0. The van der Waals surface area contributed by atoms with Crippen LogP contribution in [0.25, 0.3) is 0 Å². The van der Waals surface area contributed by atoms with E-state index in [2.05, 4.69) is 4.74 Å². The summed E-state index contributed by atoms with van der Waals surface area (Å²) in [5, 5.41) is 0. The molecule has 2 rings (SSSR count). The first kappa shape index (κ1) is 20.9. The van der Waals surface area contributed by atoms with Crippen LogP contribution in [0.1, 0.15) is 31.0 Å². The van der Waals surface area contributed by atoms with E-state index in [1.807, 2.05) is 0 Å². The molecule has 9 heteroatoms. The highest BCUT2D eigenvalue weighted by molar-refractivity contribution is 5.40. The van der Waals surface area contributed by atoms with Gasteiger partial charge >= 0.3 is 12.5 Å². The lowest BCUT2D eigenvalue weighted by atomic mass is 9.99. The van der Waals surface area contributed by atoms with Crippen molar-refractivity contribution in [3.05, 3.63) is 59.2 Å². The molecule has 0 saturated heterocycles. The molecule has 27 heavy (non-hydrogen) atoms. The molecular formula is C18H17F6NO2. The van der Waals surface area contributed by atoms with Gasteiger partial charge < -0.3 is 15.2 Å². The fourth-order valence-corrected chi connectivity index (χ4v) is 2.27. The number of rotatable bonds is 7. The number of ether oxygens (including phenoxy) is 2. The Morgan fingerprint density at radius 2 is 1.63 bits per heavy atom. The van der Waals surface area contributed by atoms with Crippen LogP contribution < -0.4 is 15.2 Å². The molecule has 0 saturated carbocycles. The van der Waals surface area contributed by atoms with Crippen LogP contribution in [0.4, 0.5) is 26.3 Å². The summed E-state index contributed by atoms with van der Waals surface area (Å²) in [6.45, 7) is 3.37. The molecule has 2 N–H and O–H groups in total. The summed E-state index contributed by atoms with van der Waals surface area (Å²) >= 11 is 0. The van der Waals surface area contributed by atoms with E-state index < -0.39 is 36.0 Å². The Balaban J connectivity index is 2.35. The first-order chi connectivity index (χ1) is 12.5. The first-order valence-corrected chi connectivity index (χ1v) is 7.86. The average molecular weight is 393 g/mol. The summed E-state index contributed by atoms with van der Waals surface area (Å²) in [6.07, 6.45) is -9.20. The van der Waals surface area contributed by atoms with Gasteiger partial charge in [0.25, 0.3) is 0 Å². The molecule has 0 aromatic heterocycles. The first-order valence-electron chi connectivity index (χ1n) is 7.86. The number of nitrogens with two attached hydrogens (primary N) is 1. The third kappa shape index (κ3) is 5.29. The lowest BCUT2D eigenvalue weighted by molar-refractivity contribution is -0.253. The molecule has 0 fully saturated rings. The van der Waals surface area contributed by atoms with Gasteiger partial charge in [-0.25, -0.2) is 8.78 Å². The predicted molar refractivity (Wildman–Crippen MR) is 86.2 cm³/mol. The third-order valence-corrected chi connectivity index (χ3v) is 3.44. The lowest BCUT2D eigenvalue weighted by Crippen LogP contribution is -2.33. The molecule has 0 amide bonds. The monoisotopic (exact) mass is 393 g/mol. The van der Waals surface area contributed by atoms with Crippen LogP contribution in [-0.4, -0.2) is 18.6 Å². The highest BCUT2D eigenvalue weighted by Gasteiger charge is 2.44. The van der Waals surface area contributed by atoms with Crippen molar-refractivity contribution in [3.63, 3.8) is 0 Å². The van der Waals surface area contributed by atoms with Gasteiger partial charge in [0.05, 0.1) is 12.1 Å². The second-order valence-electron chi connectivity index (χ2n) is 6.02. The van der Waals surface area contributed by atoms with Crippen LogP contribution in [0.15, 0.2) is 36.4 Å². The molecule has 2 aromatic carbocycles. The smallest absolute Gasteiger partial charge is 0.461 e. The molecule has 0 bridgehead atoms. The van der Waals surface area contributed by atoms with Crippen LogP contribution in [-0.2, 0) is 0 Å². The van der Waals surface area contributed by atoms with Crippen molar-refractivity contribution < 1.29 is 35.8 Å². The van der Waals surface area contributed by atoms with E-state index >= 15 is 0 Å². The molecule has 0 aliphatic heterocycles. The maximum Gasteiger partial charge on any atom is 0.461 e. The van der Waals surface area contributed by atoms with Gasteiger partial charge in [-0.15, -0.1) is 0 Å². The lowest BCUT2D eigenvalue weighted by Gasteiger charge is -2.19. The van der Waals surface area contributed by atoms with E-state index in [1.165, 1.54) is 12.1 Å². The predicted octanol–water partition coefficient (Wildman–Crippen LogP) is 5.04. The Morgan fingerprint density at radius 3 is 2.22 bits per heavy atom. The number of benzene rings is 2. The molecule has 1 unspecified atom stereocenters. The third-order valence-electron chi connectivity index (χ3n) is 3.44. The minimum Gasteiger partial charge on any atom is -0.488 e. The molecule has 1 atom stereocenters. The van der Waals surface area contributed by atoms with E-state index in [1.54, 1.807) is 13.8 Å². The van der Waals surface area contributed by atoms with Crippen LogP contribution in [0.3, 0.4) is 0 Å². The van der Waals surface area contributed by atoms with Crippen molar-refractivity contribution in [1.29, 1.82) is 0 Å². The second kappa shape index (κ2) is 8.08. The summed E-state index contributed by atoms with van der Waals surface area (Å²) < 4.78 is 87.4. The van der Waals surface area contributed by atoms with Crippen molar-refractivity contribution in [2.24, 2.45) is 5.73 Å². The molecule has 0 heterocycles. The molecule has 0 aliphatic rings. The van der Waals surface area contributed by atoms with Gasteiger partial charge in [0.1, 0.15) is 11.6 Å². The fraction of sp³-hybridized carbons (Fsp3) is 0.333. The number of hydrogen-bond donors (Lipinski definition) is 1. The van der Waals surface area contributed by atoms with Gasteiger partial charge in [-0.1, -0.05) is 6.07 Å². The average Bonchev–Trinajstić information content (AvgIpc) is 2.54. The van der Waals surface area contributed by atoms with Crippen molar-refractivity contribution >= 4 is 0 Å². The van der Waals surface area contributed by atoms with Gasteiger partial charge in [-0.3, -0.25) is 0 Å². The van der Waals surface area contributed by atoms with Crippen molar-refractivity contribution in [1.82, 2.24) is 0 Å². The SMILES string of the molecule is CC(C)Oc1cc(C(N)c2cc(F)cc(OC(F)(F)C(F)F)c2)ccc1F. The number of hydrogen-bond acceptors (Lipinski definition) is 3. The Morgan fingerprint density at radius 1 is 0.963 bits per heavy atom. The molecule has 2 aromatic rings. The zero-order valence-corrected chi connectivity index (χ0v) is 14.4. The molecule has 0 aliphatic carbocycles. The van der Waals surface area contributed by atoms with E-state index in [9.17, 15) is 26.3 Å². The van der Waals surface area contributed by atoms with Gasteiger partial charge in [0, 0.05) is 6.07 Å². The van der Waals surface area contributed by atoms with Crippen LogP contribution in [0.2, 0.25) is 0 Å². The van der Waals surface area contributed by atoms with Gasteiger partial charge in [-0.2, -0.15) is 17.6 Å². The Kier molecular flexibility index (Phi) is 6.25. The van der Waals surface area contributed by atoms with E-state index in [4.69, 9.17) is 10.5 Å². The summed E-state index contributed by atoms with van der Waals surface area (Å²) in [5.41, 5.74) is 6.26. The Hall–Kier alpha value is -2.42. The zero-order chi connectivity index (χ0) is 20.4. The zero-order valence-electron chi connectivity index (χ0n) is 14.4. The standard InChI is InChI=1S/C18H17F6NO2/c1-9(2)26-15-7-10(3-4-14(15)20)16(25)11-5-12(19)8-13(6-11)27-18(23,24)17(21)22/h3-9,16-17H,25H2,1-2H3. The van der Waals surface area contributed by atoms with E-state index in [-0.39, 0.29) is 17.4 Å². The van der Waals surface area contributed by atoms with Crippen LogP contribution in [0.5, 0.6) is 11.5 Å². The summed E-state index contributed by atoms with van der Waals surface area (Å²) in [6, 6.07) is 5.00. The van der Waals surface area contributed by atoms with E-state index in [0.29, 0.717) is 11.6 Å². The number of alkyl halides is 4. The fourth-order valence-electron chi connectivity index (χ4n) is 2.27. The second-order valence-corrected chi connectivity index (χ2v) is 6.02. The molecular weight excluding hydrogens is 376 g/mol. The summed E-state index contributed by atoms with van der Waals surface area (Å²) in [7, 11) is 0. The van der Waals surface area contributed by atoms with Crippen molar-refractivity contribution in [3.8, 4) is 11.5 Å². The molecule has 148 valence electrons. The molecule has 3 nitrogen and oxygen atoms in total. The quantitative estimate of drug-likeness (QED) is 0.671. The van der Waals surface area contributed by atoms with Crippen LogP contribution in [0, 0.1) is 11.6 Å². The topological polar surface area (TPSA) is 44.5 Å². The van der Waals surface area contributed by atoms with Crippen LogP contribution >= 0.6 is 0 Å². The maximum absolute atomic E-state index is 13.8. The van der Waals surface area contributed by atoms with Gasteiger partial charge in [0.2, 0.25) is 0 Å². The number of halogens is 6. The molecule has 0 spiro atoms. The highest BCUT2D eigenvalue weighted by Crippen LogP contribution is 2.32. The van der Waals surface area contributed by atoms with Gasteiger partial charge in [0.15, 0.2) is 11.6 Å². The summed E-state index contributed by atoms with van der Waals surface area (Å²) in [5.74, 6) is -2.55. The highest BCUT2D eigenvalue weighted by atomic mass is 19.3. The Bertz CT molecular complexity index is 797.